The van der Waals surface area contributed by atoms with Crippen molar-refractivity contribution in [1.82, 2.24) is 5.32 Å². The number of amides is 2. The molecule has 130 valence electrons. The molecule has 0 spiro atoms. The Morgan fingerprint density at radius 3 is 2.60 bits per heavy atom. The number of hydrogen-bond donors (Lipinski definition) is 2. The number of hydrogen-bond acceptors (Lipinski definition) is 3. The van der Waals surface area contributed by atoms with Crippen LogP contribution in [0.25, 0.3) is 0 Å². The normalized spacial score (nSPS) is 16.4. The summed E-state index contributed by atoms with van der Waals surface area (Å²) in [7, 11) is 0. The summed E-state index contributed by atoms with van der Waals surface area (Å²) < 4.78 is 5.39. The highest BCUT2D eigenvalue weighted by molar-refractivity contribution is 6.04. The predicted molar refractivity (Wildman–Crippen MR) is 96.4 cm³/mol. The van der Waals surface area contributed by atoms with Crippen LogP contribution in [0.15, 0.2) is 48.5 Å². The van der Waals surface area contributed by atoms with Crippen molar-refractivity contribution < 1.29 is 14.3 Å². The molecule has 0 saturated carbocycles. The summed E-state index contributed by atoms with van der Waals surface area (Å²) in [6.07, 6.45) is 1.17. The van der Waals surface area contributed by atoms with Crippen LogP contribution in [0.1, 0.15) is 34.3 Å². The molecular formula is C20H22N2O3. The van der Waals surface area contributed by atoms with Crippen LogP contribution >= 0.6 is 0 Å². The molecule has 1 atom stereocenters. The molecule has 25 heavy (non-hydrogen) atoms. The summed E-state index contributed by atoms with van der Waals surface area (Å²) in [6, 6.07) is 15.0. The fourth-order valence-electron chi connectivity index (χ4n) is 2.77. The Labute approximate surface area is 147 Å². The zero-order chi connectivity index (χ0) is 17.6. The van der Waals surface area contributed by atoms with E-state index in [1.807, 2.05) is 31.2 Å². The van der Waals surface area contributed by atoms with Crippen LogP contribution in [-0.2, 0) is 16.1 Å². The number of anilines is 1. The first-order chi connectivity index (χ1) is 12.1. The van der Waals surface area contributed by atoms with E-state index in [1.165, 1.54) is 5.56 Å². The monoisotopic (exact) mass is 338 g/mol. The fraction of sp³-hybridized carbons (Fsp3) is 0.300. The van der Waals surface area contributed by atoms with E-state index in [9.17, 15) is 9.59 Å². The molecule has 2 aromatic carbocycles. The first-order valence-corrected chi connectivity index (χ1v) is 8.49. The molecule has 1 unspecified atom stereocenters. The third-order valence-electron chi connectivity index (χ3n) is 4.23. The first kappa shape index (κ1) is 17.2. The van der Waals surface area contributed by atoms with Crippen LogP contribution in [0.3, 0.4) is 0 Å². The third-order valence-corrected chi connectivity index (χ3v) is 4.23. The zero-order valence-electron chi connectivity index (χ0n) is 14.2. The van der Waals surface area contributed by atoms with Gasteiger partial charge in [-0.25, -0.2) is 0 Å². The van der Waals surface area contributed by atoms with E-state index in [0.29, 0.717) is 30.8 Å². The summed E-state index contributed by atoms with van der Waals surface area (Å²) in [5, 5.41) is 5.71. The minimum absolute atomic E-state index is 0.198. The van der Waals surface area contributed by atoms with Crippen LogP contribution in [0.2, 0.25) is 0 Å². The van der Waals surface area contributed by atoms with E-state index in [4.69, 9.17) is 4.74 Å². The van der Waals surface area contributed by atoms with Gasteiger partial charge in [-0.2, -0.15) is 0 Å². The topological polar surface area (TPSA) is 67.4 Å². The summed E-state index contributed by atoms with van der Waals surface area (Å²) in [5.74, 6) is -0.417. The highest BCUT2D eigenvalue weighted by Gasteiger charge is 2.24. The Morgan fingerprint density at radius 2 is 1.88 bits per heavy atom. The van der Waals surface area contributed by atoms with E-state index in [0.717, 1.165) is 12.0 Å². The molecule has 1 aliphatic rings. The van der Waals surface area contributed by atoms with E-state index in [-0.39, 0.29) is 11.8 Å². The summed E-state index contributed by atoms with van der Waals surface area (Å²) in [5.41, 5.74) is 3.16. The standard InChI is InChI=1S/C20H22N2O3/c1-14-8-10-15(11-9-14)13-21-19(23)16-5-2-3-6-17(16)22-20(24)18-7-4-12-25-18/h2-3,5-6,8-11,18H,4,7,12-13H2,1H3,(H,21,23)(H,22,24). The van der Waals surface area contributed by atoms with Gasteiger partial charge in [0.05, 0.1) is 11.3 Å². The Balaban J connectivity index is 1.65. The van der Waals surface area contributed by atoms with E-state index >= 15 is 0 Å². The van der Waals surface area contributed by atoms with Gasteiger partial charge in [0.15, 0.2) is 0 Å². The molecule has 1 saturated heterocycles. The second-order valence-corrected chi connectivity index (χ2v) is 6.20. The fourth-order valence-corrected chi connectivity index (χ4v) is 2.77. The lowest BCUT2D eigenvalue weighted by atomic mass is 10.1. The average Bonchev–Trinajstić information content (AvgIpc) is 3.16. The number of rotatable bonds is 5. The van der Waals surface area contributed by atoms with E-state index in [2.05, 4.69) is 10.6 Å². The lowest BCUT2D eigenvalue weighted by Gasteiger charge is -2.14. The van der Waals surface area contributed by atoms with Crippen molar-refractivity contribution in [1.29, 1.82) is 0 Å². The molecule has 1 aliphatic heterocycles. The molecule has 3 rings (SSSR count). The minimum Gasteiger partial charge on any atom is -0.368 e. The zero-order valence-corrected chi connectivity index (χ0v) is 14.2. The SMILES string of the molecule is Cc1ccc(CNC(=O)c2ccccc2NC(=O)C2CCCO2)cc1. The Hall–Kier alpha value is -2.66. The number of nitrogens with one attached hydrogen (secondary N) is 2. The van der Waals surface area contributed by atoms with Gasteiger partial charge >= 0.3 is 0 Å². The van der Waals surface area contributed by atoms with Gasteiger partial charge in [-0.3, -0.25) is 9.59 Å². The van der Waals surface area contributed by atoms with Crippen LogP contribution in [-0.4, -0.2) is 24.5 Å². The number of benzene rings is 2. The van der Waals surface area contributed by atoms with Crippen molar-refractivity contribution >= 4 is 17.5 Å². The smallest absolute Gasteiger partial charge is 0.253 e. The maximum Gasteiger partial charge on any atom is 0.253 e. The van der Waals surface area contributed by atoms with Crippen LogP contribution < -0.4 is 10.6 Å². The molecule has 0 aromatic heterocycles. The molecule has 0 radical (unpaired) electrons. The summed E-state index contributed by atoms with van der Waals surface area (Å²) >= 11 is 0. The lowest BCUT2D eigenvalue weighted by Crippen LogP contribution is -2.29. The predicted octanol–water partition coefficient (Wildman–Crippen LogP) is 3.04. The molecule has 2 amide bonds. The van der Waals surface area contributed by atoms with Gasteiger partial charge in [0.1, 0.15) is 6.10 Å². The number of ether oxygens (including phenoxy) is 1. The van der Waals surface area contributed by atoms with Crippen molar-refractivity contribution in [3.63, 3.8) is 0 Å². The number of aryl methyl sites for hydroxylation is 1. The first-order valence-electron chi connectivity index (χ1n) is 8.49. The van der Waals surface area contributed by atoms with Gasteiger partial charge in [-0.05, 0) is 37.5 Å². The third kappa shape index (κ3) is 4.45. The quantitative estimate of drug-likeness (QED) is 0.880. The molecule has 0 bridgehead atoms. The molecule has 2 aromatic rings. The second kappa shape index (κ2) is 7.94. The molecular weight excluding hydrogens is 316 g/mol. The maximum absolute atomic E-state index is 12.5. The van der Waals surface area contributed by atoms with Crippen molar-refractivity contribution in [3.8, 4) is 0 Å². The van der Waals surface area contributed by atoms with E-state index < -0.39 is 6.10 Å². The molecule has 5 heteroatoms. The van der Waals surface area contributed by atoms with Gasteiger partial charge in [-0.1, -0.05) is 42.0 Å². The highest BCUT2D eigenvalue weighted by atomic mass is 16.5. The Bertz CT molecular complexity index is 750. The molecule has 0 aliphatic carbocycles. The number of carbonyl (C=O) groups excluding carboxylic acids is 2. The molecule has 1 heterocycles. The maximum atomic E-state index is 12.5. The van der Waals surface area contributed by atoms with Gasteiger partial charge in [-0.15, -0.1) is 0 Å². The minimum atomic E-state index is -0.427. The van der Waals surface area contributed by atoms with Gasteiger partial charge in [0, 0.05) is 13.2 Å². The van der Waals surface area contributed by atoms with Crippen LogP contribution in [0, 0.1) is 6.92 Å². The van der Waals surface area contributed by atoms with Crippen LogP contribution in [0.4, 0.5) is 5.69 Å². The van der Waals surface area contributed by atoms with Gasteiger partial charge in [0.25, 0.3) is 11.8 Å². The summed E-state index contributed by atoms with van der Waals surface area (Å²) in [4.78, 5) is 24.7. The van der Waals surface area contributed by atoms with Crippen molar-refractivity contribution in [3.05, 3.63) is 65.2 Å². The van der Waals surface area contributed by atoms with Gasteiger partial charge in [0.2, 0.25) is 0 Å². The van der Waals surface area contributed by atoms with Crippen molar-refractivity contribution in [2.24, 2.45) is 0 Å². The average molecular weight is 338 g/mol. The number of para-hydroxylation sites is 1. The lowest BCUT2D eigenvalue weighted by molar-refractivity contribution is -0.124. The van der Waals surface area contributed by atoms with Crippen molar-refractivity contribution in [2.75, 3.05) is 11.9 Å². The van der Waals surface area contributed by atoms with E-state index in [1.54, 1.807) is 24.3 Å². The Kier molecular flexibility index (Phi) is 5.46. The molecule has 1 fully saturated rings. The Morgan fingerprint density at radius 1 is 1.12 bits per heavy atom. The molecule has 5 nitrogen and oxygen atoms in total. The second-order valence-electron chi connectivity index (χ2n) is 6.20. The van der Waals surface area contributed by atoms with Crippen LogP contribution in [0.5, 0.6) is 0 Å². The highest BCUT2D eigenvalue weighted by Crippen LogP contribution is 2.19. The number of carbonyl (C=O) groups is 2. The van der Waals surface area contributed by atoms with Crippen molar-refractivity contribution in [2.45, 2.75) is 32.4 Å². The largest absolute Gasteiger partial charge is 0.368 e. The summed E-state index contributed by atoms with van der Waals surface area (Å²) in [6.45, 7) is 3.07. The molecule has 2 N–H and O–H groups in total. The van der Waals surface area contributed by atoms with Gasteiger partial charge < -0.3 is 15.4 Å².